The number of nitrogens with one attached hydrogen (secondary N) is 1. The van der Waals surface area contributed by atoms with Crippen molar-refractivity contribution in [2.75, 3.05) is 27.9 Å². The Bertz CT molecular complexity index is 988. The molecule has 0 aromatic heterocycles. The molecule has 0 saturated heterocycles. The SMILES string of the molecule is CCCOC(=O)C1=C(C)NC2=C(C(=O)CC(C)(C)C2)[C@@H]1c1ccc(OC)c(OC)c1OC. The Labute approximate surface area is 189 Å². The Morgan fingerprint density at radius 3 is 2.38 bits per heavy atom. The third-order valence-electron chi connectivity index (χ3n) is 5.94. The van der Waals surface area contributed by atoms with Crippen molar-refractivity contribution in [2.45, 2.75) is 52.9 Å². The predicted molar refractivity (Wildman–Crippen MR) is 121 cm³/mol. The lowest BCUT2D eigenvalue weighted by Gasteiger charge is -2.39. The molecule has 174 valence electrons. The first kappa shape index (κ1) is 23.7. The van der Waals surface area contributed by atoms with Crippen LogP contribution < -0.4 is 19.5 Å². The quantitative estimate of drug-likeness (QED) is 0.630. The second-order valence-electron chi connectivity index (χ2n) is 8.99. The molecular formula is C25H33NO6. The van der Waals surface area contributed by atoms with Crippen LogP contribution in [0.5, 0.6) is 17.2 Å². The number of esters is 1. The van der Waals surface area contributed by atoms with E-state index in [9.17, 15) is 9.59 Å². The van der Waals surface area contributed by atoms with Crippen molar-refractivity contribution in [3.05, 3.63) is 40.2 Å². The lowest BCUT2D eigenvalue weighted by atomic mass is 9.68. The van der Waals surface area contributed by atoms with Crippen molar-refractivity contribution in [3.8, 4) is 17.2 Å². The standard InChI is InChI=1S/C25H33NO6/c1-8-11-32-24(28)19-14(2)26-16-12-25(3,4)13-17(27)21(16)20(19)15-9-10-18(29-5)23(31-7)22(15)30-6/h9-10,20,26H,8,11-13H2,1-7H3/t20-/m1/s1. The molecule has 0 radical (unpaired) electrons. The monoisotopic (exact) mass is 443 g/mol. The normalized spacial score (nSPS) is 19.8. The van der Waals surface area contributed by atoms with Crippen molar-refractivity contribution in [1.82, 2.24) is 5.32 Å². The minimum atomic E-state index is -0.631. The zero-order valence-electron chi connectivity index (χ0n) is 20.0. The van der Waals surface area contributed by atoms with Crippen LogP contribution in [0.3, 0.4) is 0 Å². The summed E-state index contributed by atoms with van der Waals surface area (Å²) >= 11 is 0. The van der Waals surface area contributed by atoms with Gasteiger partial charge < -0.3 is 24.3 Å². The van der Waals surface area contributed by atoms with Crippen LogP contribution in [0.15, 0.2) is 34.7 Å². The summed E-state index contributed by atoms with van der Waals surface area (Å²) in [5.41, 5.74) is 3.01. The first-order valence-corrected chi connectivity index (χ1v) is 10.9. The van der Waals surface area contributed by atoms with Crippen LogP contribution in [-0.4, -0.2) is 39.7 Å². The molecule has 0 unspecified atom stereocenters. The van der Waals surface area contributed by atoms with E-state index in [1.54, 1.807) is 13.2 Å². The van der Waals surface area contributed by atoms with Crippen LogP contribution in [0.2, 0.25) is 0 Å². The molecule has 1 aromatic rings. The molecule has 1 heterocycles. The fourth-order valence-corrected chi connectivity index (χ4v) is 4.64. The van der Waals surface area contributed by atoms with Crippen molar-refractivity contribution in [2.24, 2.45) is 5.41 Å². The summed E-state index contributed by atoms with van der Waals surface area (Å²) in [7, 11) is 4.62. The van der Waals surface area contributed by atoms with Gasteiger partial charge in [0.25, 0.3) is 0 Å². The lowest BCUT2D eigenvalue weighted by Crippen LogP contribution is -2.38. The number of dihydropyridines is 1. The maximum atomic E-state index is 13.4. The number of allylic oxidation sites excluding steroid dienone is 3. The summed E-state index contributed by atoms with van der Waals surface area (Å²) in [5, 5.41) is 3.34. The fourth-order valence-electron chi connectivity index (χ4n) is 4.64. The molecule has 1 N–H and O–H groups in total. The number of benzene rings is 1. The van der Waals surface area contributed by atoms with E-state index in [4.69, 9.17) is 18.9 Å². The van der Waals surface area contributed by atoms with E-state index in [0.717, 1.165) is 5.70 Å². The van der Waals surface area contributed by atoms with E-state index in [-0.39, 0.29) is 11.2 Å². The van der Waals surface area contributed by atoms with Crippen molar-refractivity contribution >= 4 is 11.8 Å². The minimum absolute atomic E-state index is 0.0129. The van der Waals surface area contributed by atoms with Gasteiger partial charge >= 0.3 is 5.97 Å². The van der Waals surface area contributed by atoms with E-state index in [1.807, 2.05) is 19.9 Å². The molecule has 0 saturated carbocycles. The number of hydrogen-bond donors (Lipinski definition) is 1. The number of methoxy groups -OCH3 is 3. The van der Waals surface area contributed by atoms with E-state index >= 15 is 0 Å². The molecule has 3 rings (SSSR count). The highest BCUT2D eigenvalue weighted by molar-refractivity contribution is 6.04. The second kappa shape index (κ2) is 9.27. The lowest BCUT2D eigenvalue weighted by molar-refractivity contribution is -0.139. The van der Waals surface area contributed by atoms with Gasteiger partial charge in [0.15, 0.2) is 17.3 Å². The van der Waals surface area contributed by atoms with Crippen LogP contribution in [0.1, 0.15) is 58.4 Å². The summed E-state index contributed by atoms with van der Waals surface area (Å²) < 4.78 is 22.2. The molecule has 0 amide bonds. The summed E-state index contributed by atoms with van der Waals surface area (Å²) in [5.74, 6) is 0.284. The van der Waals surface area contributed by atoms with Crippen LogP contribution in [0, 0.1) is 5.41 Å². The van der Waals surface area contributed by atoms with Crippen molar-refractivity contribution in [3.63, 3.8) is 0 Å². The van der Waals surface area contributed by atoms with Gasteiger partial charge in [-0.15, -0.1) is 0 Å². The number of ether oxygens (including phenoxy) is 4. The smallest absolute Gasteiger partial charge is 0.336 e. The van der Waals surface area contributed by atoms with Gasteiger partial charge in [0.2, 0.25) is 5.75 Å². The molecule has 32 heavy (non-hydrogen) atoms. The highest BCUT2D eigenvalue weighted by Gasteiger charge is 2.44. The largest absolute Gasteiger partial charge is 0.493 e. The third kappa shape index (κ3) is 4.20. The Morgan fingerprint density at radius 2 is 1.78 bits per heavy atom. The average molecular weight is 444 g/mol. The van der Waals surface area contributed by atoms with Crippen LogP contribution >= 0.6 is 0 Å². The second-order valence-corrected chi connectivity index (χ2v) is 8.99. The molecule has 2 aliphatic rings. The number of carbonyl (C=O) groups excluding carboxylic acids is 2. The molecule has 0 spiro atoms. The molecule has 1 aromatic carbocycles. The van der Waals surface area contributed by atoms with Gasteiger partial charge in [0.1, 0.15) is 0 Å². The molecule has 7 heteroatoms. The average Bonchev–Trinajstić information content (AvgIpc) is 2.74. The molecule has 0 fully saturated rings. The molecule has 7 nitrogen and oxygen atoms in total. The Morgan fingerprint density at radius 1 is 1.09 bits per heavy atom. The highest BCUT2D eigenvalue weighted by atomic mass is 16.5. The molecular weight excluding hydrogens is 410 g/mol. The zero-order valence-corrected chi connectivity index (χ0v) is 20.0. The van der Waals surface area contributed by atoms with Gasteiger partial charge in [-0.05, 0) is 31.2 Å². The topological polar surface area (TPSA) is 83.1 Å². The Balaban J connectivity index is 2.27. The Hall–Kier alpha value is -2.96. The number of hydrogen-bond acceptors (Lipinski definition) is 7. The van der Waals surface area contributed by atoms with Gasteiger partial charge in [0, 0.05) is 29.0 Å². The molecule has 0 bridgehead atoms. The van der Waals surface area contributed by atoms with Gasteiger partial charge in [-0.2, -0.15) is 0 Å². The van der Waals surface area contributed by atoms with E-state index < -0.39 is 11.9 Å². The van der Waals surface area contributed by atoms with Crippen LogP contribution in [-0.2, 0) is 14.3 Å². The number of Topliss-reactive ketones (excluding diaryl/α,β-unsaturated/α-hetero) is 1. The summed E-state index contributed by atoms with van der Waals surface area (Å²) in [6.45, 7) is 8.24. The van der Waals surface area contributed by atoms with Crippen molar-refractivity contribution < 1.29 is 28.5 Å². The molecule has 1 atom stereocenters. The number of ketones is 1. The van der Waals surface area contributed by atoms with Crippen LogP contribution in [0.25, 0.3) is 0 Å². The van der Waals surface area contributed by atoms with Gasteiger partial charge in [-0.25, -0.2) is 4.79 Å². The fraction of sp³-hybridized carbons (Fsp3) is 0.520. The van der Waals surface area contributed by atoms with Crippen LogP contribution in [0.4, 0.5) is 0 Å². The summed E-state index contributed by atoms with van der Waals surface area (Å²) in [6.07, 6.45) is 1.81. The van der Waals surface area contributed by atoms with Gasteiger partial charge in [0.05, 0.1) is 39.4 Å². The number of rotatable bonds is 7. The van der Waals surface area contributed by atoms with E-state index in [0.29, 0.717) is 65.5 Å². The highest BCUT2D eigenvalue weighted by Crippen LogP contribution is 2.51. The van der Waals surface area contributed by atoms with Gasteiger partial charge in [-0.3, -0.25) is 4.79 Å². The maximum Gasteiger partial charge on any atom is 0.336 e. The van der Waals surface area contributed by atoms with E-state index in [2.05, 4.69) is 19.2 Å². The molecule has 1 aliphatic heterocycles. The minimum Gasteiger partial charge on any atom is -0.493 e. The summed E-state index contributed by atoms with van der Waals surface area (Å²) in [6, 6.07) is 3.59. The summed E-state index contributed by atoms with van der Waals surface area (Å²) in [4.78, 5) is 26.6. The van der Waals surface area contributed by atoms with Crippen molar-refractivity contribution in [1.29, 1.82) is 0 Å². The maximum absolute atomic E-state index is 13.4. The third-order valence-corrected chi connectivity index (χ3v) is 5.94. The molecule has 1 aliphatic carbocycles. The number of carbonyl (C=O) groups is 2. The Kier molecular flexibility index (Phi) is 6.86. The predicted octanol–water partition coefficient (Wildman–Crippen LogP) is 4.27. The van der Waals surface area contributed by atoms with Gasteiger partial charge in [-0.1, -0.05) is 26.8 Å². The van der Waals surface area contributed by atoms with E-state index in [1.165, 1.54) is 14.2 Å². The first-order valence-electron chi connectivity index (χ1n) is 10.9. The first-order chi connectivity index (χ1) is 15.2. The zero-order chi connectivity index (χ0) is 23.6.